The van der Waals surface area contributed by atoms with Crippen LogP contribution in [-0.4, -0.2) is 68.7 Å². The normalized spacial score (nSPS) is 24.7. The second-order valence-electron chi connectivity index (χ2n) is 11.2. The fraction of sp³-hybridized carbons (Fsp3) is 0.500. The minimum atomic E-state index is -4.27. The first kappa shape index (κ1) is 29.7. The summed E-state index contributed by atoms with van der Waals surface area (Å²) in [5, 5.41) is 2.67. The van der Waals surface area contributed by atoms with Crippen molar-refractivity contribution in [2.75, 3.05) is 12.3 Å². The highest BCUT2D eigenvalue weighted by molar-refractivity contribution is 7.52. The molecule has 42 heavy (non-hydrogen) atoms. The lowest BCUT2D eigenvalue weighted by Crippen LogP contribution is -2.41. The molecule has 7 atom stereocenters. The highest BCUT2D eigenvalue weighted by Gasteiger charge is 2.58. The number of nitrogens with one attached hydrogen (secondary N) is 1. The summed E-state index contributed by atoms with van der Waals surface area (Å²) < 4.78 is 49.9. The topological polar surface area (TPSA) is 188 Å². The standard InChI is InChI=1S/C26H33N6O9P/c1-14(24(33)36-11-26(3,4)5)31-42(35,41-16-9-7-6-8-10-16)40-15(2)18-19-20(39-25(34)38-19)23(37-18)32-13-30-17-21(27)28-12-29-22(17)32/h6-10,12-15,18-20,23H,11H2,1-5H3,(H,31,35)(H2,27,28,29)/t14?,15?,18-,19-,20-,23-,42?/m1/s1. The van der Waals surface area contributed by atoms with Gasteiger partial charge in [-0.1, -0.05) is 39.0 Å². The zero-order chi connectivity index (χ0) is 30.2. The first-order valence-electron chi connectivity index (χ1n) is 13.3. The molecular formula is C26H33N6O9P. The summed E-state index contributed by atoms with van der Waals surface area (Å²) in [6.07, 6.45) is -2.93. The second kappa shape index (κ2) is 11.5. The van der Waals surface area contributed by atoms with Crippen LogP contribution in [0.5, 0.6) is 5.75 Å². The lowest BCUT2D eigenvalue weighted by atomic mass is 9.99. The minimum Gasteiger partial charge on any atom is -0.464 e. The first-order chi connectivity index (χ1) is 19.8. The van der Waals surface area contributed by atoms with Crippen LogP contribution in [-0.2, 0) is 32.8 Å². The van der Waals surface area contributed by atoms with Gasteiger partial charge in [0.15, 0.2) is 29.9 Å². The van der Waals surface area contributed by atoms with Gasteiger partial charge in [0, 0.05) is 0 Å². The van der Waals surface area contributed by atoms with E-state index in [-0.39, 0.29) is 23.6 Å². The highest BCUT2D eigenvalue weighted by Crippen LogP contribution is 2.49. The third kappa shape index (κ3) is 6.33. The van der Waals surface area contributed by atoms with E-state index in [9.17, 15) is 14.2 Å². The fourth-order valence-corrected chi connectivity index (χ4v) is 6.21. The van der Waals surface area contributed by atoms with Crippen molar-refractivity contribution in [3.63, 3.8) is 0 Å². The number of benzene rings is 1. The number of aromatic nitrogens is 4. The van der Waals surface area contributed by atoms with E-state index in [2.05, 4.69) is 20.0 Å². The molecule has 2 fully saturated rings. The van der Waals surface area contributed by atoms with Gasteiger partial charge < -0.3 is 29.2 Å². The van der Waals surface area contributed by atoms with Crippen molar-refractivity contribution in [2.45, 2.75) is 71.3 Å². The molecule has 5 rings (SSSR count). The van der Waals surface area contributed by atoms with E-state index in [1.54, 1.807) is 41.8 Å². The predicted molar refractivity (Wildman–Crippen MR) is 147 cm³/mol. The number of carbonyl (C=O) groups is 2. The largest absolute Gasteiger partial charge is 0.509 e. The molecule has 2 aromatic heterocycles. The Morgan fingerprint density at radius 1 is 1.14 bits per heavy atom. The fourth-order valence-electron chi connectivity index (χ4n) is 4.51. The molecule has 0 spiro atoms. The smallest absolute Gasteiger partial charge is 0.464 e. The maximum Gasteiger partial charge on any atom is 0.509 e. The van der Waals surface area contributed by atoms with Gasteiger partial charge in [-0.3, -0.25) is 13.9 Å². The number of ether oxygens (including phenoxy) is 4. The van der Waals surface area contributed by atoms with Gasteiger partial charge in [-0.2, -0.15) is 5.09 Å². The Balaban J connectivity index is 1.38. The summed E-state index contributed by atoms with van der Waals surface area (Å²) in [5.41, 5.74) is 6.35. The molecule has 2 saturated heterocycles. The molecule has 15 nitrogen and oxygen atoms in total. The molecule has 0 radical (unpaired) electrons. The van der Waals surface area contributed by atoms with E-state index >= 15 is 0 Å². The first-order valence-corrected chi connectivity index (χ1v) is 14.8. The Bertz CT molecular complexity index is 1500. The molecule has 3 unspecified atom stereocenters. The summed E-state index contributed by atoms with van der Waals surface area (Å²) in [6.45, 7) is 8.98. The number of carbonyl (C=O) groups excluding carboxylic acids is 2. The molecular weight excluding hydrogens is 571 g/mol. The molecule has 0 bridgehead atoms. The van der Waals surface area contributed by atoms with Crippen LogP contribution in [0, 0.1) is 5.41 Å². The van der Waals surface area contributed by atoms with Gasteiger partial charge in [0.2, 0.25) is 0 Å². The molecule has 0 amide bonds. The second-order valence-corrected chi connectivity index (χ2v) is 12.9. The van der Waals surface area contributed by atoms with E-state index < -0.39 is 56.6 Å². The lowest BCUT2D eigenvalue weighted by molar-refractivity contribution is -0.148. The molecule has 0 aliphatic carbocycles. The summed E-state index contributed by atoms with van der Waals surface area (Å²) in [6, 6.07) is 7.27. The van der Waals surface area contributed by atoms with Gasteiger partial charge in [0.1, 0.15) is 29.7 Å². The average molecular weight is 605 g/mol. The zero-order valence-corrected chi connectivity index (χ0v) is 24.6. The van der Waals surface area contributed by atoms with E-state index in [1.165, 1.54) is 19.6 Å². The van der Waals surface area contributed by atoms with Crippen molar-refractivity contribution in [1.29, 1.82) is 0 Å². The maximum atomic E-state index is 14.1. The molecule has 3 aromatic rings. The lowest BCUT2D eigenvalue weighted by Gasteiger charge is -2.29. The zero-order valence-electron chi connectivity index (χ0n) is 23.7. The monoisotopic (exact) mass is 604 g/mol. The van der Waals surface area contributed by atoms with Gasteiger partial charge in [-0.15, -0.1) is 0 Å². The van der Waals surface area contributed by atoms with Crippen molar-refractivity contribution >= 4 is 36.9 Å². The summed E-state index contributed by atoms with van der Waals surface area (Å²) in [7, 11) is -4.27. The quantitative estimate of drug-likeness (QED) is 0.253. The number of nitrogen functional groups attached to an aromatic ring is 1. The van der Waals surface area contributed by atoms with Crippen LogP contribution in [0.4, 0.5) is 10.6 Å². The predicted octanol–water partition coefficient (Wildman–Crippen LogP) is 3.37. The van der Waals surface area contributed by atoms with E-state index in [1.807, 2.05) is 20.8 Å². The van der Waals surface area contributed by atoms with Crippen molar-refractivity contribution in [2.24, 2.45) is 5.41 Å². The minimum absolute atomic E-state index is 0.157. The highest BCUT2D eigenvalue weighted by atomic mass is 31.2. The van der Waals surface area contributed by atoms with Crippen LogP contribution < -0.4 is 15.3 Å². The Morgan fingerprint density at radius 2 is 1.86 bits per heavy atom. The molecule has 0 saturated carbocycles. The molecule has 2 aliphatic rings. The van der Waals surface area contributed by atoms with E-state index in [0.717, 1.165) is 0 Å². The van der Waals surface area contributed by atoms with Crippen LogP contribution in [0.3, 0.4) is 0 Å². The molecule has 1 aromatic carbocycles. The number of rotatable bonds is 10. The number of anilines is 1. The van der Waals surface area contributed by atoms with Crippen LogP contribution in [0.25, 0.3) is 11.2 Å². The number of imidazole rings is 1. The van der Waals surface area contributed by atoms with Gasteiger partial charge in [-0.05, 0) is 31.4 Å². The van der Waals surface area contributed by atoms with Gasteiger partial charge in [-0.25, -0.2) is 24.3 Å². The number of nitrogens with zero attached hydrogens (tertiary/aromatic N) is 4. The van der Waals surface area contributed by atoms with Crippen LogP contribution >= 0.6 is 7.75 Å². The number of para-hydroxylation sites is 1. The summed E-state index contributed by atoms with van der Waals surface area (Å²) in [4.78, 5) is 37.3. The number of hydrogen-bond acceptors (Lipinski definition) is 13. The molecule has 4 heterocycles. The van der Waals surface area contributed by atoms with E-state index in [0.29, 0.717) is 11.2 Å². The molecule has 16 heteroatoms. The Morgan fingerprint density at radius 3 is 2.57 bits per heavy atom. The van der Waals surface area contributed by atoms with Crippen LogP contribution in [0.2, 0.25) is 0 Å². The van der Waals surface area contributed by atoms with Gasteiger partial charge in [0.05, 0.1) is 19.0 Å². The van der Waals surface area contributed by atoms with Gasteiger partial charge >= 0.3 is 19.9 Å². The maximum absolute atomic E-state index is 14.1. The number of hydrogen-bond donors (Lipinski definition) is 2. The van der Waals surface area contributed by atoms with Crippen molar-refractivity contribution in [3.05, 3.63) is 43.0 Å². The summed E-state index contributed by atoms with van der Waals surface area (Å²) >= 11 is 0. The number of nitrogens with two attached hydrogens (primary N) is 1. The molecule has 226 valence electrons. The van der Waals surface area contributed by atoms with Crippen LogP contribution in [0.15, 0.2) is 43.0 Å². The molecule has 2 aliphatic heterocycles. The van der Waals surface area contributed by atoms with Gasteiger partial charge in [0.25, 0.3) is 0 Å². The van der Waals surface area contributed by atoms with Crippen molar-refractivity contribution in [1.82, 2.24) is 24.6 Å². The molecule has 3 N–H and O–H groups in total. The SMILES string of the molecule is CC(NP(=O)(Oc1ccccc1)OC(C)[C@H]1O[C@@H](n2cnc3c(N)ncnc32)[C@@H]2OC(=O)O[C@@H]21)C(=O)OCC(C)(C)C. The Kier molecular flexibility index (Phi) is 8.12. The third-order valence-electron chi connectivity index (χ3n) is 6.44. The van der Waals surface area contributed by atoms with Crippen molar-refractivity contribution < 1.29 is 42.1 Å². The Hall–Kier alpha value is -3.78. The van der Waals surface area contributed by atoms with Crippen LogP contribution in [0.1, 0.15) is 40.8 Å². The summed E-state index contributed by atoms with van der Waals surface area (Å²) in [5.74, 6) is -0.236. The van der Waals surface area contributed by atoms with E-state index in [4.69, 9.17) is 33.7 Å². The Labute approximate surface area is 241 Å². The number of fused-ring (bicyclic) bond motifs is 2. The third-order valence-corrected chi connectivity index (χ3v) is 8.21. The average Bonchev–Trinajstić information content (AvgIpc) is 3.60. The van der Waals surface area contributed by atoms with Crippen molar-refractivity contribution in [3.8, 4) is 5.75 Å². The number of esters is 1.